The number of hydrogen-bond donors (Lipinski definition) is 2. The zero-order chi connectivity index (χ0) is 22.0. The van der Waals surface area contributed by atoms with Gasteiger partial charge in [-0.25, -0.2) is 0 Å². The lowest BCUT2D eigenvalue weighted by Crippen LogP contribution is -2.32. The first kappa shape index (κ1) is 26.6. The van der Waals surface area contributed by atoms with Gasteiger partial charge in [0.2, 0.25) is 0 Å². The fourth-order valence-electron chi connectivity index (χ4n) is 4.17. The van der Waals surface area contributed by atoms with E-state index in [0.717, 1.165) is 44.9 Å². The van der Waals surface area contributed by atoms with Gasteiger partial charge in [0.1, 0.15) is 6.10 Å². The van der Waals surface area contributed by atoms with Gasteiger partial charge in [-0.1, -0.05) is 81.9 Å². The van der Waals surface area contributed by atoms with E-state index in [0.29, 0.717) is 5.92 Å². The van der Waals surface area contributed by atoms with Crippen LogP contribution in [0.1, 0.15) is 90.9 Å². The van der Waals surface area contributed by atoms with E-state index >= 15 is 0 Å². The fourth-order valence-corrected chi connectivity index (χ4v) is 4.17. The maximum Gasteiger partial charge on any atom is 0.302 e. The predicted molar refractivity (Wildman–Crippen MR) is 124 cm³/mol. The average Bonchev–Trinajstić information content (AvgIpc) is 2.73. The van der Waals surface area contributed by atoms with Crippen molar-refractivity contribution in [1.29, 1.82) is 0 Å². The van der Waals surface area contributed by atoms with Gasteiger partial charge >= 0.3 is 5.97 Å². The zero-order valence-corrected chi connectivity index (χ0v) is 19.2. The molecule has 1 rings (SSSR count). The van der Waals surface area contributed by atoms with E-state index in [-0.39, 0.29) is 30.7 Å². The third-order valence-electron chi connectivity index (χ3n) is 5.88. The van der Waals surface area contributed by atoms with Crippen LogP contribution in [0.4, 0.5) is 0 Å². The minimum absolute atomic E-state index is 0.115. The van der Waals surface area contributed by atoms with Crippen molar-refractivity contribution in [3.05, 3.63) is 36.5 Å². The highest BCUT2D eigenvalue weighted by atomic mass is 16.5. The molecule has 0 aromatic heterocycles. The molecule has 4 heteroatoms. The Kier molecular flexibility index (Phi) is 15.4. The van der Waals surface area contributed by atoms with Gasteiger partial charge < -0.3 is 14.9 Å². The standard InChI is InChI=1S/C26H44O4/c1-3-4-5-6-7-8-17-24(29)18-11-9-15-23-16-10-12-19-25(23)26(30-22(2)28)20-13-14-21-27/h9-12,15,18,23-27,29H,3-8,13-14,16-17,19-21H2,1-2H3/t23-,24?,25+,26?/m0/s1. The van der Waals surface area contributed by atoms with Crippen molar-refractivity contribution in [2.24, 2.45) is 11.8 Å². The molecule has 0 fully saturated rings. The second-order valence-corrected chi connectivity index (χ2v) is 8.53. The van der Waals surface area contributed by atoms with Crippen molar-refractivity contribution in [1.82, 2.24) is 0 Å². The molecule has 0 amide bonds. The Labute approximate surface area is 184 Å². The SMILES string of the molecule is CCCCCCCCC(O)C=CC=C[C@H]1CC=CC[C@H]1C(CCCCO)OC(C)=O. The van der Waals surface area contributed by atoms with Gasteiger partial charge in [-0.3, -0.25) is 4.79 Å². The van der Waals surface area contributed by atoms with Crippen LogP contribution < -0.4 is 0 Å². The number of carbonyl (C=O) groups excluding carboxylic acids is 1. The summed E-state index contributed by atoms with van der Waals surface area (Å²) in [4.78, 5) is 11.6. The third kappa shape index (κ3) is 12.3. The van der Waals surface area contributed by atoms with Gasteiger partial charge in [0.05, 0.1) is 6.10 Å². The molecular weight excluding hydrogens is 376 g/mol. The van der Waals surface area contributed by atoms with Crippen LogP contribution in [0.5, 0.6) is 0 Å². The number of aliphatic hydroxyl groups excluding tert-OH is 2. The van der Waals surface area contributed by atoms with Crippen LogP contribution in [0.3, 0.4) is 0 Å². The first-order valence-corrected chi connectivity index (χ1v) is 12.0. The smallest absolute Gasteiger partial charge is 0.302 e. The monoisotopic (exact) mass is 420 g/mol. The number of carbonyl (C=O) groups is 1. The molecule has 1 aliphatic carbocycles. The van der Waals surface area contributed by atoms with Crippen LogP contribution in [0.2, 0.25) is 0 Å². The minimum atomic E-state index is -0.379. The van der Waals surface area contributed by atoms with E-state index in [4.69, 9.17) is 9.84 Å². The quantitative estimate of drug-likeness (QED) is 0.141. The van der Waals surface area contributed by atoms with Crippen molar-refractivity contribution >= 4 is 5.97 Å². The second-order valence-electron chi connectivity index (χ2n) is 8.53. The maximum absolute atomic E-state index is 11.6. The molecule has 0 spiro atoms. The molecule has 0 bridgehead atoms. The number of ether oxygens (including phenoxy) is 1. The number of allylic oxidation sites excluding steroid dienone is 5. The zero-order valence-electron chi connectivity index (χ0n) is 19.2. The summed E-state index contributed by atoms with van der Waals surface area (Å²) < 4.78 is 5.64. The number of esters is 1. The Morgan fingerprint density at radius 1 is 1.03 bits per heavy atom. The molecule has 4 nitrogen and oxygen atoms in total. The van der Waals surface area contributed by atoms with Gasteiger partial charge in [-0.15, -0.1) is 0 Å². The van der Waals surface area contributed by atoms with E-state index in [1.165, 1.54) is 39.0 Å². The second kappa shape index (κ2) is 17.3. The van der Waals surface area contributed by atoms with Gasteiger partial charge in [0.25, 0.3) is 0 Å². The van der Waals surface area contributed by atoms with E-state index in [1.807, 2.05) is 18.2 Å². The first-order valence-electron chi connectivity index (χ1n) is 12.0. The summed E-state index contributed by atoms with van der Waals surface area (Å²) in [5.41, 5.74) is 0. The van der Waals surface area contributed by atoms with E-state index in [1.54, 1.807) is 0 Å². The molecule has 0 saturated heterocycles. The lowest BCUT2D eigenvalue weighted by molar-refractivity contribution is -0.150. The molecule has 0 aromatic carbocycles. The summed E-state index contributed by atoms with van der Waals surface area (Å²) in [5.74, 6) is 0.336. The lowest BCUT2D eigenvalue weighted by Gasteiger charge is -2.33. The van der Waals surface area contributed by atoms with E-state index in [9.17, 15) is 9.90 Å². The van der Waals surface area contributed by atoms with Gasteiger partial charge in [0.15, 0.2) is 0 Å². The van der Waals surface area contributed by atoms with Gasteiger partial charge in [-0.05, 0) is 44.4 Å². The van der Waals surface area contributed by atoms with Crippen LogP contribution >= 0.6 is 0 Å². The summed E-state index contributed by atoms with van der Waals surface area (Å²) >= 11 is 0. The Balaban J connectivity index is 2.50. The third-order valence-corrected chi connectivity index (χ3v) is 5.88. The maximum atomic E-state index is 11.6. The lowest BCUT2D eigenvalue weighted by atomic mass is 9.78. The molecule has 1 aliphatic rings. The Morgan fingerprint density at radius 2 is 1.73 bits per heavy atom. The molecular formula is C26H44O4. The highest BCUT2D eigenvalue weighted by Gasteiger charge is 2.30. The van der Waals surface area contributed by atoms with E-state index in [2.05, 4.69) is 25.2 Å². The molecule has 0 aliphatic heterocycles. The molecule has 0 radical (unpaired) electrons. The van der Waals surface area contributed by atoms with Crippen molar-refractivity contribution in [3.8, 4) is 0 Å². The number of aliphatic hydroxyl groups is 2. The summed E-state index contributed by atoms with van der Waals surface area (Å²) in [6.45, 7) is 3.87. The normalized spacial score (nSPS) is 21.3. The molecule has 2 N–H and O–H groups in total. The molecule has 2 unspecified atom stereocenters. The number of hydrogen-bond acceptors (Lipinski definition) is 4. The summed E-state index contributed by atoms with van der Waals surface area (Å²) in [5, 5.41) is 19.2. The molecule has 30 heavy (non-hydrogen) atoms. The predicted octanol–water partition coefficient (Wildman–Crippen LogP) is 5.89. The first-order chi connectivity index (χ1) is 14.6. The van der Waals surface area contributed by atoms with Crippen molar-refractivity contribution in [3.63, 3.8) is 0 Å². The Bertz CT molecular complexity index is 523. The van der Waals surface area contributed by atoms with Crippen LogP contribution in [0, 0.1) is 11.8 Å². The molecule has 0 heterocycles. The van der Waals surface area contributed by atoms with Gasteiger partial charge in [0, 0.05) is 19.4 Å². The van der Waals surface area contributed by atoms with E-state index < -0.39 is 0 Å². The Morgan fingerprint density at radius 3 is 2.47 bits per heavy atom. The largest absolute Gasteiger partial charge is 0.462 e. The highest BCUT2D eigenvalue weighted by Crippen LogP contribution is 2.33. The molecule has 0 aromatic rings. The summed E-state index contributed by atoms with van der Waals surface area (Å²) in [6, 6.07) is 0. The number of rotatable bonds is 16. The highest BCUT2D eigenvalue weighted by molar-refractivity contribution is 5.66. The van der Waals surface area contributed by atoms with Crippen LogP contribution in [0.25, 0.3) is 0 Å². The fraction of sp³-hybridized carbons (Fsp3) is 0.731. The summed E-state index contributed by atoms with van der Waals surface area (Å²) in [6.07, 6.45) is 24.4. The van der Waals surface area contributed by atoms with Crippen molar-refractivity contribution < 1.29 is 19.7 Å². The van der Waals surface area contributed by atoms with Crippen molar-refractivity contribution in [2.45, 2.75) is 103 Å². The topological polar surface area (TPSA) is 66.8 Å². The average molecular weight is 421 g/mol. The minimum Gasteiger partial charge on any atom is -0.462 e. The number of unbranched alkanes of at least 4 members (excludes halogenated alkanes) is 6. The molecule has 0 saturated carbocycles. The van der Waals surface area contributed by atoms with Crippen LogP contribution in [0.15, 0.2) is 36.5 Å². The molecule has 172 valence electrons. The van der Waals surface area contributed by atoms with Crippen LogP contribution in [-0.4, -0.2) is 35.0 Å². The molecule has 4 atom stereocenters. The van der Waals surface area contributed by atoms with Gasteiger partial charge in [-0.2, -0.15) is 0 Å². The van der Waals surface area contributed by atoms with Crippen LogP contribution in [-0.2, 0) is 9.53 Å². The van der Waals surface area contributed by atoms with Crippen molar-refractivity contribution in [2.75, 3.05) is 6.61 Å². The summed E-state index contributed by atoms with van der Waals surface area (Å²) in [7, 11) is 0. The Hall–Kier alpha value is -1.39.